The van der Waals surface area contributed by atoms with Gasteiger partial charge < -0.3 is 5.43 Å². The Bertz CT molecular complexity index is 236. The number of halogens is 2. The molecule has 1 aromatic heterocycles. The Kier molecular flexibility index (Phi) is 5.18. The summed E-state index contributed by atoms with van der Waals surface area (Å²) in [7, 11) is 0. The van der Waals surface area contributed by atoms with Gasteiger partial charge in [-0.1, -0.05) is 0 Å². The quantitative estimate of drug-likeness (QED) is 0.729. The summed E-state index contributed by atoms with van der Waals surface area (Å²) in [6, 6.07) is 0. The van der Waals surface area contributed by atoms with Crippen LogP contribution in [0.25, 0.3) is 0 Å². The highest BCUT2D eigenvalue weighted by molar-refractivity contribution is 5.85. The zero-order valence-electron chi connectivity index (χ0n) is 7.62. The van der Waals surface area contributed by atoms with Gasteiger partial charge in [0, 0.05) is 19.2 Å². The molecule has 0 saturated carbocycles. The van der Waals surface area contributed by atoms with Crippen molar-refractivity contribution in [2.45, 2.75) is 26.2 Å². The molecule has 1 N–H and O–H groups in total. The Morgan fingerprint density at radius 1 is 1.38 bits per heavy atom. The predicted octanol–water partition coefficient (Wildman–Crippen LogP) is 1.91. The Hall–Kier alpha value is -0.410. The van der Waals surface area contributed by atoms with Crippen LogP contribution in [0.3, 0.4) is 0 Å². The third-order valence-electron chi connectivity index (χ3n) is 2.01. The van der Waals surface area contributed by atoms with Crippen LogP contribution < -0.4 is 5.43 Å². The lowest BCUT2D eigenvalue weighted by Gasteiger charge is -2.03. The van der Waals surface area contributed by atoms with Gasteiger partial charge in [0.25, 0.3) is 0 Å². The van der Waals surface area contributed by atoms with E-state index in [0.29, 0.717) is 0 Å². The molecule has 5 heteroatoms. The smallest absolute Gasteiger partial charge is 0.127 e. The minimum Gasteiger partial charge on any atom is -0.325 e. The summed E-state index contributed by atoms with van der Waals surface area (Å²) in [5, 5.41) is 0. The van der Waals surface area contributed by atoms with E-state index >= 15 is 0 Å². The molecule has 1 aliphatic rings. The molecule has 2 rings (SSSR count). The lowest BCUT2D eigenvalue weighted by atomic mass is 10.2. The fourth-order valence-corrected chi connectivity index (χ4v) is 1.47. The van der Waals surface area contributed by atoms with Crippen molar-refractivity contribution in [2.24, 2.45) is 0 Å². The SMILES string of the molecule is Cc1cn2c(n1)CCCCN2.Cl.Cl. The number of imidazole rings is 1. The summed E-state index contributed by atoms with van der Waals surface area (Å²) >= 11 is 0. The Labute approximate surface area is 90.7 Å². The van der Waals surface area contributed by atoms with E-state index in [0.717, 1.165) is 18.7 Å². The van der Waals surface area contributed by atoms with Crippen LogP contribution in [-0.4, -0.2) is 16.2 Å². The van der Waals surface area contributed by atoms with Crippen LogP contribution in [0.4, 0.5) is 0 Å². The van der Waals surface area contributed by atoms with Gasteiger partial charge in [0.1, 0.15) is 5.82 Å². The summed E-state index contributed by atoms with van der Waals surface area (Å²) in [4.78, 5) is 4.41. The maximum absolute atomic E-state index is 4.41. The second-order valence-electron chi connectivity index (χ2n) is 3.03. The largest absolute Gasteiger partial charge is 0.325 e. The Morgan fingerprint density at radius 3 is 2.92 bits per heavy atom. The van der Waals surface area contributed by atoms with Crippen LogP contribution in [0.15, 0.2) is 6.20 Å². The van der Waals surface area contributed by atoms with Gasteiger partial charge >= 0.3 is 0 Å². The molecule has 0 aliphatic carbocycles. The molecule has 0 radical (unpaired) electrons. The molecule has 1 aromatic rings. The molecule has 1 aliphatic heterocycles. The summed E-state index contributed by atoms with van der Waals surface area (Å²) < 4.78 is 2.06. The molecule has 0 saturated heterocycles. The average Bonchev–Trinajstić information content (AvgIpc) is 2.17. The van der Waals surface area contributed by atoms with E-state index in [1.54, 1.807) is 0 Å². The highest BCUT2D eigenvalue weighted by atomic mass is 35.5. The van der Waals surface area contributed by atoms with Crippen molar-refractivity contribution in [3.8, 4) is 0 Å². The summed E-state index contributed by atoms with van der Waals surface area (Å²) in [6.45, 7) is 3.10. The van der Waals surface area contributed by atoms with Gasteiger partial charge in [0.2, 0.25) is 0 Å². The first-order chi connectivity index (χ1) is 5.36. The van der Waals surface area contributed by atoms with Gasteiger partial charge in [-0.15, -0.1) is 24.8 Å². The number of aryl methyl sites for hydroxylation is 2. The number of fused-ring (bicyclic) bond motifs is 1. The van der Waals surface area contributed by atoms with Crippen LogP contribution in [0.1, 0.15) is 24.4 Å². The molecule has 13 heavy (non-hydrogen) atoms. The number of rotatable bonds is 0. The maximum atomic E-state index is 4.41. The molecular weight excluding hydrogens is 209 g/mol. The summed E-state index contributed by atoms with van der Waals surface area (Å²) in [6.07, 6.45) is 5.67. The van der Waals surface area contributed by atoms with Crippen molar-refractivity contribution < 1.29 is 0 Å². The second-order valence-corrected chi connectivity index (χ2v) is 3.03. The van der Waals surface area contributed by atoms with E-state index in [9.17, 15) is 0 Å². The molecule has 0 fully saturated rings. The van der Waals surface area contributed by atoms with Gasteiger partial charge in [0.05, 0.1) is 5.69 Å². The van der Waals surface area contributed by atoms with E-state index in [-0.39, 0.29) is 24.8 Å². The van der Waals surface area contributed by atoms with Crippen molar-refractivity contribution in [3.63, 3.8) is 0 Å². The van der Waals surface area contributed by atoms with Gasteiger partial charge in [-0.2, -0.15) is 0 Å². The summed E-state index contributed by atoms with van der Waals surface area (Å²) in [5.41, 5.74) is 4.41. The van der Waals surface area contributed by atoms with Gasteiger partial charge in [0.15, 0.2) is 0 Å². The van der Waals surface area contributed by atoms with E-state index in [1.165, 1.54) is 18.7 Å². The van der Waals surface area contributed by atoms with Crippen LogP contribution in [0, 0.1) is 6.92 Å². The molecule has 0 bridgehead atoms. The normalized spacial score (nSPS) is 14.2. The van der Waals surface area contributed by atoms with Crippen molar-refractivity contribution in [2.75, 3.05) is 12.0 Å². The van der Waals surface area contributed by atoms with E-state index in [2.05, 4.69) is 21.3 Å². The highest BCUT2D eigenvalue weighted by Crippen LogP contribution is 2.08. The third-order valence-corrected chi connectivity index (χ3v) is 2.01. The van der Waals surface area contributed by atoms with Gasteiger partial charge in [-0.3, -0.25) is 4.68 Å². The minimum atomic E-state index is 0. The van der Waals surface area contributed by atoms with E-state index in [4.69, 9.17) is 0 Å². The van der Waals surface area contributed by atoms with Gasteiger partial charge in [-0.05, 0) is 19.8 Å². The zero-order chi connectivity index (χ0) is 7.68. The lowest BCUT2D eigenvalue weighted by Crippen LogP contribution is -2.14. The Morgan fingerprint density at radius 2 is 2.15 bits per heavy atom. The van der Waals surface area contributed by atoms with Crippen molar-refractivity contribution in [3.05, 3.63) is 17.7 Å². The topological polar surface area (TPSA) is 29.9 Å². The first-order valence-electron chi connectivity index (χ1n) is 4.15. The molecule has 0 aromatic carbocycles. The number of nitrogens with one attached hydrogen (secondary N) is 1. The molecule has 76 valence electrons. The third kappa shape index (κ3) is 2.78. The number of nitrogens with zero attached hydrogens (tertiary/aromatic N) is 2. The minimum absolute atomic E-state index is 0. The zero-order valence-corrected chi connectivity index (χ0v) is 9.25. The highest BCUT2D eigenvalue weighted by Gasteiger charge is 2.07. The lowest BCUT2D eigenvalue weighted by molar-refractivity contribution is 0.773. The molecule has 2 heterocycles. The van der Waals surface area contributed by atoms with Crippen molar-refractivity contribution in [1.82, 2.24) is 9.66 Å². The van der Waals surface area contributed by atoms with E-state index in [1.807, 2.05) is 6.92 Å². The standard InChI is InChI=1S/C8H13N3.2ClH/c1-7-6-11-8(10-7)4-2-3-5-9-11;;/h6,9H,2-5H2,1H3;2*1H. The summed E-state index contributed by atoms with van der Waals surface area (Å²) in [5.74, 6) is 1.18. The van der Waals surface area contributed by atoms with E-state index < -0.39 is 0 Å². The van der Waals surface area contributed by atoms with Crippen molar-refractivity contribution in [1.29, 1.82) is 0 Å². The second kappa shape index (κ2) is 5.35. The maximum Gasteiger partial charge on any atom is 0.127 e. The van der Waals surface area contributed by atoms with Crippen LogP contribution in [0.5, 0.6) is 0 Å². The van der Waals surface area contributed by atoms with Crippen LogP contribution >= 0.6 is 24.8 Å². The first kappa shape index (κ1) is 12.6. The monoisotopic (exact) mass is 223 g/mol. The fourth-order valence-electron chi connectivity index (χ4n) is 1.47. The van der Waals surface area contributed by atoms with Gasteiger partial charge in [-0.25, -0.2) is 4.98 Å². The molecule has 0 amide bonds. The number of hydrogen-bond donors (Lipinski definition) is 1. The predicted molar refractivity (Wildman–Crippen MR) is 58.6 cm³/mol. The molecular formula is C8H15Cl2N3. The van der Waals surface area contributed by atoms with Crippen LogP contribution in [-0.2, 0) is 6.42 Å². The molecule has 0 atom stereocenters. The van der Waals surface area contributed by atoms with Crippen molar-refractivity contribution >= 4 is 24.8 Å². The molecule has 0 unspecified atom stereocenters. The average molecular weight is 224 g/mol. The Balaban J connectivity index is 0.000000720. The first-order valence-corrected chi connectivity index (χ1v) is 4.15. The molecule has 0 spiro atoms. The molecule has 3 nitrogen and oxygen atoms in total. The number of hydrogen-bond acceptors (Lipinski definition) is 2. The fraction of sp³-hybridized carbons (Fsp3) is 0.625. The van der Waals surface area contributed by atoms with Crippen LogP contribution in [0.2, 0.25) is 0 Å². The number of aromatic nitrogens is 2.